The minimum Gasteiger partial charge on any atom is -0.344 e. The van der Waals surface area contributed by atoms with E-state index in [2.05, 4.69) is 15.4 Å². The zero-order chi connectivity index (χ0) is 17.2. The van der Waals surface area contributed by atoms with Crippen molar-refractivity contribution in [3.05, 3.63) is 46.5 Å². The fourth-order valence-corrected chi connectivity index (χ4v) is 2.13. The summed E-state index contributed by atoms with van der Waals surface area (Å²) in [6.07, 6.45) is -1.88. The average molecular weight is 347 g/mol. The SMILES string of the molecule is CCn1cc(Cl)c(C(=O)N[C@H](C)c2ccc(C(F)(F)F)nc2)n1. The Hall–Kier alpha value is -2.09. The number of alkyl halides is 3. The Kier molecular flexibility index (Phi) is 4.93. The van der Waals surface area contributed by atoms with Gasteiger partial charge in [-0.25, -0.2) is 0 Å². The molecular weight excluding hydrogens is 333 g/mol. The van der Waals surface area contributed by atoms with Crippen LogP contribution in [0, 0.1) is 0 Å². The van der Waals surface area contributed by atoms with Gasteiger partial charge in [-0.3, -0.25) is 14.5 Å². The fourth-order valence-electron chi connectivity index (χ4n) is 1.89. The van der Waals surface area contributed by atoms with E-state index >= 15 is 0 Å². The number of halogens is 4. The molecule has 5 nitrogen and oxygen atoms in total. The molecule has 0 aliphatic carbocycles. The first-order valence-corrected chi connectivity index (χ1v) is 7.17. The molecule has 23 heavy (non-hydrogen) atoms. The van der Waals surface area contributed by atoms with Gasteiger partial charge < -0.3 is 5.32 Å². The molecule has 0 unspecified atom stereocenters. The summed E-state index contributed by atoms with van der Waals surface area (Å²) in [5, 5.41) is 6.87. The molecule has 0 aromatic carbocycles. The topological polar surface area (TPSA) is 59.8 Å². The number of nitrogens with one attached hydrogen (secondary N) is 1. The van der Waals surface area contributed by atoms with Crippen molar-refractivity contribution >= 4 is 17.5 Å². The van der Waals surface area contributed by atoms with Crippen molar-refractivity contribution < 1.29 is 18.0 Å². The lowest BCUT2D eigenvalue weighted by atomic mass is 10.1. The van der Waals surface area contributed by atoms with Crippen molar-refractivity contribution in [1.82, 2.24) is 20.1 Å². The van der Waals surface area contributed by atoms with Gasteiger partial charge in [0.1, 0.15) is 5.69 Å². The first kappa shape index (κ1) is 17.3. The molecule has 0 spiro atoms. The van der Waals surface area contributed by atoms with Gasteiger partial charge in [0.2, 0.25) is 0 Å². The smallest absolute Gasteiger partial charge is 0.344 e. The maximum Gasteiger partial charge on any atom is 0.433 e. The Labute approximate surface area is 135 Å². The lowest BCUT2D eigenvalue weighted by molar-refractivity contribution is -0.141. The second kappa shape index (κ2) is 6.57. The number of carbonyl (C=O) groups excluding carboxylic acids is 1. The number of rotatable bonds is 4. The Morgan fingerprint density at radius 3 is 2.61 bits per heavy atom. The van der Waals surface area contributed by atoms with E-state index in [0.717, 1.165) is 12.3 Å². The standard InChI is InChI=1S/C14H14ClF3N4O/c1-3-22-7-10(15)12(21-22)13(23)20-8(2)9-4-5-11(19-6-9)14(16,17)18/h4-8H,3H2,1-2H3,(H,20,23)/t8-/m1/s1. The lowest BCUT2D eigenvalue weighted by Crippen LogP contribution is -2.27. The first-order valence-electron chi connectivity index (χ1n) is 6.79. The summed E-state index contributed by atoms with van der Waals surface area (Å²) in [5.74, 6) is -0.505. The van der Waals surface area contributed by atoms with Gasteiger partial charge in [-0.15, -0.1) is 0 Å². The van der Waals surface area contributed by atoms with Crippen molar-refractivity contribution in [2.45, 2.75) is 32.6 Å². The Morgan fingerprint density at radius 1 is 1.43 bits per heavy atom. The van der Waals surface area contributed by atoms with Crippen LogP contribution < -0.4 is 5.32 Å². The highest BCUT2D eigenvalue weighted by atomic mass is 35.5. The average Bonchev–Trinajstić information content (AvgIpc) is 2.87. The van der Waals surface area contributed by atoms with Gasteiger partial charge in [0.15, 0.2) is 5.69 Å². The molecule has 0 saturated heterocycles. The molecule has 9 heteroatoms. The molecular formula is C14H14ClF3N4O. The third-order valence-corrected chi connectivity index (χ3v) is 3.46. The summed E-state index contributed by atoms with van der Waals surface area (Å²) in [7, 11) is 0. The van der Waals surface area contributed by atoms with Crippen molar-refractivity contribution in [1.29, 1.82) is 0 Å². The molecule has 0 aliphatic rings. The Morgan fingerprint density at radius 2 is 2.13 bits per heavy atom. The van der Waals surface area contributed by atoms with E-state index in [4.69, 9.17) is 11.6 Å². The number of aryl methyl sites for hydroxylation is 1. The summed E-state index contributed by atoms with van der Waals surface area (Å²) in [4.78, 5) is 15.5. The van der Waals surface area contributed by atoms with Gasteiger partial charge in [-0.05, 0) is 25.5 Å². The van der Waals surface area contributed by atoms with Crippen LogP contribution in [-0.4, -0.2) is 20.7 Å². The highest BCUT2D eigenvalue weighted by Crippen LogP contribution is 2.28. The van der Waals surface area contributed by atoms with Crippen LogP contribution in [0.4, 0.5) is 13.2 Å². The highest BCUT2D eigenvalue weighted by molar-refractivity contribution is 6.33. The summed E-state index contributed by atoms with van der Waals surface area (Å²) in [6, 6.07) is 1.60. The van der Waals surface area contributed by atoms with E-state index in [1.807, 2.05) is 6.92 Å². The summed E-state index contributed by atoms with van der Waals surface area (Å²) >= 11 is 5.94. The Bertz CT molecular complexity index is 697. The van der Waals surface area contributed by atoms with E-state index < -0.39 is 23.8 Å². The third kappa shape index (κ3) is 4.01. The molecule has 2 heterocycles. The number of hydrogen-bond acceptors (Lipinski definition) is 3. The Balaban J connectivity index is 2.10. The van der Waals surface area contributed by atoms with Crippen molar-refractivity contribution in [3.63, 3.8) is 0 Å². The summed E-state index contributed by atoms with van der Waals surface area (Å²) < 4.78 is 38.9. The predicted molar refractivity (Wildman–Crippen MR) is 78.0 cm³/mol. The highest BCUT2D eigenvalue weighted by Gasteiger charge is 2.32. The number of aromatic nitrogens is 3. The quantitative estimate of drug-likeness (QED) is 0.922. The molecule has 2 rings (SSSR count). The molecule has 2 aromatic rings. The van der Waals surface area contributed by atoms with Crippen LogP contribution in [0.1, 0.15) is 41.6 Å². The van der Waals surface area contributed by atoms with Gasteiger partial charge in [0.25, 0.3) is 5.91 Å². The molecule has 0 bridgehead atoms. The van der Waals surface area contributed by atoms with Crippen molar-refractivity contribution in [3.8, 4) is 0 Å². The molecule has 0 aliphatic heterocycles. The maximum absolute atomic E-state index is 12.5. The minimum atomic E-state index is -4.49. The molecule has 0 fully saturated rings. The van der Waals surface area contributed by atoms with Crippen LogP contribution in [0.5, 0.6) is 0 Å². The number of hydrogen-bond donors (Lipinski definition) is 1. The number of carbonyl (C=O) groups is 1. The molecule has 124 valence electrons. The van der Waals surface area contributed by atoms with E-state index in [0.29, 0.717) is 12.1 Å². The van der Waals surface area contributed by atoms with E-state index in [9.17, 15) is 18.0 Å². The molecule has 1 atom stereocenters. The summed E-state index contributed by atoms with van der Waals surface area (Å²) in [6.45, 7) is 4.04. The van der Waals surface area contributed by atoms with Crippen LogP contribution >= 0.6 is 11.6 Å². The van der Waals surface area contributed by atoms with Crippen LogP contribution in [-0.2, 0) is 12.7 Å². The third-order valence-electron chi connectivity index (χ3n) is 3.18. The van der Waals surface area contributed by atoms with Gasteiger partial charge >= 0.3 is 6.18 Å². The zero-order valence-corrected chi connectivity index (χ0v) is 13.1. The molecule has 1 N–H and O–H groups in total. The van der Waals surface area contributed by atoms with Crippen LogP contribution in [0.2, 0.25) is 5.02 Å². The normalized spacial score (nSPS) is 13.0. The minimum absolute atomic E-state index is 0.0697. The summed E-state index contributed by atoms with van der Waals surface area (Å²) in [5.41, 5.74) is -0.470. The monoisotopic (exact) mass is 346 g/mol. The molecule has 2 aromatic heterocycles. The number of pyridine rings is 1. The van der Waals surface area contributed by atoms with Gasteiger partial charge in [0, 0.05) is 18.9 Å². The zero-order valence-electron chi connectivity index (χ0n) is 12.4. The number of nitrogens with zero attached hydrogens (tertiary/aromatic N) is 3. The maximum atomic E-state index is 12.5. The van der Waals surface area contributed by atoms with E-state index in [1.54, 1.807) is 6.92 Å². The van der Waals surface area contributed by atoms with Crippen LogP contribution in [0.15, 0.2) is 24.5 Å². The second-order valence-corrected chi connectivity index (χ2v) is 5.26. The molecule has 0 radical (unpaired) electrons. The number of amides is 1. The van der Waals surface area contributed by atoms with Crippen molar-refractivity contribution in [2.24, 2.45) is 0 Å². The van der Waals surface area contributed by atoms with Crippen LogP contribution in [0.3, 0.4) is 0 Å². The second-order valence-electron chi connectivity index (χ2n) is 4.85. The first-order chi connectivity index (χ1) is 10.7. The van der Waals surface area contributed by atoms with Gasteiger partial charge in [-0.1, -0.05) is 17.7 Å². The van der Waals surface area contributed by atoms with Gasteiger partial charge in [-0.2, -0.15) is 18.3 Å². The van der Waals surface area contributed by atoms with Gasteiger partial charge in [0.05, 0.1) is 11.1 Å². The van der Waals surface area contributed by atoms with E-state index in [-0.39, 0.29) is 10.7 Å². The van der Waals surface area contributed by atoms with E-state index in [1.165, 1.54) is 16.9 Å². The fraction of sp³-hybridized carbons (Fsp3) is 0.357. The van der Waals surface area contributed by atoms with Crippen LogP contribution in [0.25, 0.3) is 0 Å². The van der Waals surface area contributed by atoms with Crippen molar-refractivity contribution in [2.75, 3.05) is 0 Å². The predicted octanol–water partition coefficient (Wildman–Crippen LogP) is 3.46. The lowest BCUT2D eigenvalue weighted by Gasteiger charge is -2.14. The molecule has 1 amide bonds. The largest absolute Gasteiger partial charge is 0.433 e. The molecule has 0 saturated carbocycles.